The molecular weight excluding hydrogens is 254 g/mol. The molecule has 2 aromatic heterocycles. The molecule has 106 valence electrons. The van der Waals surface area contributed by atoms with Crippen LogP contribution in [0.2, 0.25) is 0 Å². The highest BCUT2D eigenvalue weighted by molar-refractivity contribution is 5.98. The van der Waals surface area contributed by atoms with E-state index in [0.717, 1.165) is 6.54 Å². The largest absolute Gasteiger partial charge is 0.370 e. The summed E-state index contributed by atoms with van der Waals surface area (Å²) in [4.78, 5) is 20.4. The van der Waals surface area contributed by atoms with E-state index in [0.29, 0.717) is 17.9 Å². The van der Waals surface area contributed by atoms with Gasteiger partial charge in [-0.05, 0) is 26.0 Å². The lowest BCUT2D eigenvalue weighted by atomic mass is 10.2. The van der Waals surface area contributed by atoms with Gasteiger partial charge < -0.3 is 15.2 Å². The Bertz CT molecular complexity index is 552. The number of nitrogens with one attached hydrogen (secondary N) is 2. The Labute approximate surface area is 118 Å². The minimum Gasteiger partial charge on any atom is -0.370 e. The molecule has 0 saturated carbocycles. The van der Waals surface area contributed by atoms with Crippen molar-refractivity contribution in [1.29, 1.82) is 0 Å². The molecule has 0 aromatic carbocycles. The SMILES string of the molecule is CCNc1ncccc1C(=O)NC(C)Cn1ccnc1. The summed E-state index contributed by atoms with van der Waals surface area (Å²) in [5.41, 5.74) is 0.562. The van der Waals surface area contributed by atoms with Gasteiger partial charge in [0.05, 0.1) is 11.9 Å². The summed E-state index contributed by atoms with van der Waals surface area (Å²) in [6.45, 7) is 5.34. The number of hydrogen-bond acceptors (Lipinski definition) is 4. The second-order valence-electron chi connectivity index (χ2n) is 4.56. The van der Waals surface area contributed by atoms with E-state index in [1.165, 1.54) is 0 Å². The highest BCUT2D eigenvalue weighted by Crippen LogP contribution is 2.11. The van der Waals surface area contributed by atoms with Crippen molar-refractivity contribution >= 4 is 11.7 Å². The number of nitrogens with zero attached hydrogens (tertiary/aromatic N) is 3. The van der Waals surface area contributed by atoms with Gasteiger partial charge in [-0.3, -0.25) is 4.79 Å². The van der Waals surface area contributed by atoms with Crippen LogP contribution in [0.25, 0.3) is 0 Å². The quantitative estimate of drug-likeness (QED) is 0.837. The molecule has 0 fully saturated rings. The van der Waals surface area contributed by atoms with Crippen LogP contribution >= 0.6 is 0 Å². The third-order valence-electron chi connectivity index (χ3n) is 2.82. The number of pyridine rings is 1. The first-order chi connectivity index (χ1) is 9.70. The van der Waals surface area contributed by atoms with Crippen LogP contribution in [0.15, 0.2) is 37.1 Å². The van der Waals surface area contributed by atoms with Crippen molar-refractivity contribution in [2.24, 2.45) is 0 Å². The Morgan fingerprint density at radius 1 is 1.45 bits per heavy atom. The Kier molecular flexibility index (Phi) is 4.70. The second kappa shape index (κ2) is 6.70. The average molecular weight is 273 g/mol. The zero-order valence-electron chi connectivity index (χ0n) is 11.7. The number of amides is 1. The van der Waals surface area contributed by atoms with Gasteiger partial charge in [-0.15, -0.1) is 0 Å². The molecule has 1 unspecified atom stereocenters. The van der Waals surface area contributed by atoms with E-state index in [2.05, 4.69) is 20.6 Å². The molecule has 1 atom stereocenters. The molecule has 0 aliphatic rings. The molecule has 0 aliphatic carbocycles. The Morgan fingerprint density at radius 2 is 2.30 bits per heavy atom. The van der Waals surface area contributed by atoms with Crippen molar-refractivity contribution in [3.63, 3.8) is 0 Å². The van der Waals surface area contributed by atoms with Crippen LogP contribution in [0.5, 0.6) is 0 Å². The fourth-order valence-electron chi connectivity index (χ4n) is 1.95. The van der Waals surface area contributed by atoms with E-state index in [9.17, 15) is 4.79 Å². The first-order valence-electron chi connectivity index (χ1n) is 6.66. The van der Waals surface area contributed by atoms with Gasteiger partial charge in [-0.2, -0.15) is 0 Å². The van der Waals surface area contributed by atoms with E-state index >= 15 is 0 Å². The zero-order chi connectivity index (χ0) is 14.4. The molecule has 0 aliphatic heterocycles. The molecule has 2 N–H and O–H groups in total. The van der Waals surface area contributed by atoms with Crippen molar-refractivity contribution in [3.8, 4) is 0 Å². The lowest BCUT2D eigenvalue weighted by Gasteiger charge is -2.16. The van der Waals surface area contributed by atoms with Crippen LogP contribution in [-0.4, -0.2) is 33.0 Å². The van der Waals surface area contributed by atoms with E-state index in [-0.39, 0.29) is 11.9 Å². The normalized spacial score (nSPS) is 11.9. The molecule has 6 heteroatoms. The number of carbonyl (C=O) groups excluding carboxylic acids is 1. The van der Waals surface area contributed by atoms with Crippen LogP contribution in [0.3, 0.4) is 0 Å². The first kappa shape index (κ1) is 14.0. The van der Waals surface area contributed by atoms with Crippen LogP contribution < -0.4 is 10.6 Å². The predicted molar refractivity (Wildman–Crippen MR) is 77.6 cm³/mol. The highest BCUT2D eigenvalue weighted by atomic mass is 16.1. The van der Waals surface area contributed by atoms with E-state index in [1.807, 2.05) is 24.6 Å². The molecule has 2 heterocycles. The molecule has 2 rings (SSSR count). The monoisotopic (exact) mass is 273 g/mol. The average Bonchev–Trinajstić information content (AvgIpc) is 2.92. The maximum atomic E-state index is 12.3. The van der Waals surface area contributed by atoms with E-state index in [4.69, 9.17) is 0 Å². The van der Waals surface area contributed by atoms with Crippen molar-refractivity contribution in [3.05, 3.63) is 42.6 Å². The molecule has 0 saturated heterocycles. The maximum absolute atomic E-state index is 12.3. The number of rotatable bonds is 6. The molecule has 0 bridgehead atoms. The fraction of sp³-hybridized carbons (Fsp3) is 0.357. The maximum Gasteiger partial charge on any atom is 0.255 e. The minimum atomic E-state index is -0.123. The van der Waals surface area contributed by atoms with Crippen molar-refractivity contribution in [1.82, 2.24) is 19.9 Å². The van der Waals surface area contributed by atoms with Crippen molar-refractivity contribution < 1.29 is 4.79 Å². The number of hydrogen-bond donors (Lipinski definition) is 2. The van der Waals surface area contributed by atoms with Gasteiger partial charge in [-0.25, -0.2) is 9.97 Å². The topological polar surface area (TPSA) is 71.8 Å². The molecule has 20 heavy (non-hydrogen) atoms. The van der Waals surface area contributed by atoms with Gasteiger partial charge in [-0.1, -0.05) is 0 Å². The first-order valence-corrected chi connectivity index (χ1v) is 6.66. The van der Waals surface area contributed by atoms with Crippen molar-refractivity contribution in [2.45, 2.75) is 26.4 Å². The molecule has 6 nitrogen and oxygen atoms in total. The summed E-state index contributed by atoms with van der Waals surface area (Å²) in [6, 6.07) is 3.53. The van der Waals surface area contributed by atoms with Gasteiger partial charge in [0.25, 0.3) is 5.91 Å². The molecule has 0 radical (unpaired) electrons. The Hall–Kier alpha value is -2.37. The Balaban J connectivity index is 2.00. The minimum absolute atomic E-state index is 0.00591. The van der Waals surface area contributed by atoms with Gasteiger partial charge in [0.2, 0.25) is 0 Å². The fourth-order valence-corrected chi connectivity index (χ4v) is 1.95. The van der Waals surface area contributed by atoms with E-state index in [1.54, 1.807) is 30.9 Å². The van der Waals surface area contributed by atoms with Crippen LogP contribution in [0, 0.1) is 0 Å². The van der Waals surface area contributed by atoms with Crippen molar-refractivity contribution in [2.75, 3.05) is 11.9 Å². The lowest BCUT2D eigenvalue weighted by molar-refractivity contribution is 0.0937. The number of imidazole rings is 1. The van der Waals surface area contributed by atoms with Gasteiger partial charge >= 0.3 is 0 Å². The van der Waals surface area contributed by atoms with Crippen LogP contribution in [0.1, 0.15) is 24.2 Å². The van der Waals surface area contributed by atoms with Crippen LogP contribution in [-0.2, 0) is 6.54 Å². The zero-order valence-corrected chi connectivity index (χ0v) is 11.7. The predicted octanol–water partition coefficient (Wildman–Crippen LogP) is 1.53. The Morgan fingerprint density at radius 3 is 3.00 bits per heavy atom. The lowest BCUT2D eigenvalue weighted by Crippen LogP contribution is -2.35. The van der Waals surface area contributed by atoms with E-state index < -0.39 is 0 Å². The summed E-state index contributed by atoms with van der Waals surface area (Å²) in [5.74, 6) is 0.490. The highest BCUT2D eigenvalue weighted by Gasteiger charge is 2.14. The summed E-state index contributed by atoms with van der Waals surface area (Å²) in [7, 11) is 0. The molecule has 2 aromatic rings. The smallest absolute Gasteiger partial charge is 0.255 e. The number of anilines is 1. The second-order valence-corrected chi connectivity index (χ2v) is 4.56. The standard InChI is InChI=1S/C14H19N5O/c1-3-16-13-12(5-4-6-17-13)14(20)18-11(2)9-19-8-7-15-10-19/h4-8,10-11H,3,9H2,1-2H3,(H,16,17)(H,18,20). The summed E-state index contributed by atoms with van der Waals surface area (Å²) in [5, 5.41) is 6.05. The molecule has 0 spiro atoms. The van der Waals surface area contributed by atoms with Gasteiger partial charge in [0.15, 0.2) is 0 Å². The summed E-state index contributed by atoms with van der Waals surface area (Å²) in [6.07, 6.45) is 7.00. The third-order valence-corrected chi connectivity index (χ3v) is 2.82. The van der Waals surface area contributed by atoms with Gasteiger partial charge in [0.1, 0.15) is 5.82 Å². The molecule has 1 amide bonds. The number of carbonyl (C=O) groups is 1. The van der Waals surface area contributed by atoms with Gasteiger partial charge in [0, 0.05) is 37.7 Å². The summed E-state index contributed by atoms with van der Waals surface area (Å²) >= 11 is 0. The number of aromatic nitrogens is 3. The molecular formula is C14H19N5O. The third kappa shape index (κ3) is 3.57. The van der Waals surface area contributed by atoms with Crippen LogP contribution in [0.4, 0.5) is 5.82 Å². The summed E-state index contributed by atoms with van der Waals surface area (Å²) < 4.78 is 1.93.